The molecule has 0 bridgehead atoms. The summed E-state index contributed by atoms with van der Waals surface area (Å²) < 4.78 is 0.934. The Labute approximate surface area is 190 Å². The first-order valence-electron chi connectivity index (χ1n) is 8.51. The van der Waals surface area contributed by atoms with Crippen LogP contribution in [0.5, 0.6) is 0 Å². The molecule has 27 heavy (non-hydrogen) atoms. The number of guanidine groups is 1. The number of halogens is 2. The van der Waals surface area contributed by atoms with Crippen LogP contribution in [0.2, 0.25) is 0 Å². The van der Waals surface area contributed by atoms with Gasteiger partial charge in [0.05, 0.1) is 6.54 Å². The van der Waals surface area contributed by atoms with Crippen molar-refractivity contribution in [3.8, 4) is 0 Å². The number of hydrogen-bond donors (Lipinski definition) is 3. The third-order valence-corrected chi connectivity index (χ3v) is 5.25. The predicted molar refractivity (Wildman–Crippen MR) is 129 cm³/mol. The molecule has 2 rings (SSSR count). The van der Waals surface area contributed by atoms with Gasteiger partial charge in [-0.25, -0.2) is 0 Å². The zero-order valence-corrected chi connectivity index (χ0v) is 20.4. The molecule has 1 atom stereocenters. The summed E-state index contributed by atoms with van der Waals surface area (Å²) in [5.74, 6) is 0.996. The van der Waals surface area contributed by atoms with Gasteiger partial charge in [-0.1, -0.05) is 35.0 Å². The average molecular weight is 565 g/mol. The first-order chi connectivity index (χ1) is 12.5. The minimum atomic E-state index is -0.110. The van der Waals surface area contributed by atoms with Crippen LogP contribution < -0.4 is 16.0 Å². The van der Waals surface area contributed by atoms with Crippen LogP contribution in [0.1, 0.15) is 17.4 Å². The van der Waals surface area contributed by atoms with Gasteiger partial charge in [0.15, 0.2) is 5.96 Å². The normalized spacial score (nSPS) is 12.1. The van der Waals surface area contributed by atoms with Crippen molar-refractivity contribution >= 4 is 68.8 Å². The summed E-state index contributed by atoms with van der Waals surface area (Å²) in [6, 6.07) is 10.0. The predicted octanol–water partition coefficient (Wildman–Crippen LogP) is 4.42. The number of hydrogen-bond acceptors (Lipinski definition) is 3. The second-order valence-corrected chi connectivity index (χ2v) is 8.15. The van der Waals surface area contributed by atoms with Crippen LogP contribution in [0.25, 0.3) is 0 Å². The van der Waals surface area contributed by atoms with Gasteiger partial charge in [-0.05, 0) is 48.4 Å². The molecule has 1 heterocycles. The number of anilines is 1. The smallest absolute Gasteiger partial charge is 0.243 e. The van der Waals surface area contributed by atoms with E-state index in [-0.39, 0.29) is 36.4 Å². The first-order valence-corrected chi connectivity index (χ1v) is 10.2. The van der Waals surface area contributed by atoms with Gasteiger partial charge in [0.25, 0.3) is 0 Å². The van der Waals surface area contributed by atoms with Gasteiger partial charge in [-0.3, -0.25) is 9.79 Å². The maximum absolute atomic E-state index is 12.2. The SMILES string of the molecule is CN=C(NCC(=O)Nc1cc(Br)ccc1C)NCC(C)Cc1cccs1.I. The lowest BCUT2D eigenvalue weighted by Crippen LogP contribution is -2.43. The van der Waals surface area contributed by atoms with E-state index < -0.39 is 0 Å². The molecule has 0 spiro atoms. The molecule has 1 unspecified atom stereocenters. The highest BCUT2D eigenvalue weighted by atomic mass is 127. The van der Waals surface area contributed by atoms with E-state index in [1.54, 1.807) is 18.4 Å². The molecule has 0 aliphatic heterocycles. The van der Waals surface area contributed by atoms with Crippen LogP contribution in [0, 0.1) is 12.8 Å². The van der Waals surface area contributed by atoms with Gasteiger partial charge in [-0.2, -0.15) is 0 Å². The molecule has 1 amide bonds. The minimum Gasteiger partial charge on any atom is -0.356 e. The van der Waals surface area contributed by atoms with Gasteiger partial charge in [-0.15, -0.1) is 35.3 Å². The Balaban J connectivity index is 0.00000364. The van der Waals surface area contributed by atoms with Crippen molar-refractivity contribution in [3.63, 3.8) is 0 Å². The fourth-order valence-corrected chi connectivity index (χ4v) is 3.65. The van der Waals surface area contributed by atoms with Crippen molar-refractivity contribution in [2.24, 2.45) is 10.9 Å². The molecule has 0 aliphatic rings. The molecule has 0 fully saturated rings. The summed E-state index contributed by atoms with van der Waals surface area (Å²) in [6.45, 7) is 5.11. The largest absolute Gasteiger partial charge is 0.356 e. The molecule has 1 aromatic carbocycles. The number of nitrogens with one attached hydrogen (secondary N) is 3. The van der Waals surface area contributed by atoms with Crippen LogP contribution in [-0.4, -0.2) is 32.0 Å². The van der Waals surface area contributed by atoms with Crippen LogP contribution in [-0.2, 0) is 11.2 Å². The number of aliphatic imine (C=N–C) groups is 1. The number of nitrogens with zero attached hydrogens (tertiary/aromatic N) is 1. The van der Waals surface area contributed by atoms with Gasteiger partial charge in [0, 0.05) is 28.6 Å². The molecule has 3 N–H and O–H groups in total. The topological polar surface area (TPSA) is 65.5 Å². The number of benzene rings is 1. The lowest BCUT2D eigenvalue weighted by atomic mass is 10.1. The Bertz CT molecular complexity index is 752. The Morgan fingerprint density at radius 1 is 1.30 bits per heavy atom. The third kappa shape index (κ3) is 8.61. The van der Waals surface area contributed by atoms with E-state index in [1.807, 2.05) is 25.1 Å². The van der Waals surface area contributed by atoms with Gasteiger partial charge in [0.2, 0.25) is 5.91 Å². The molecule has 0 aliphatic carbocycles. The van der Waals surface area contributed by atoms with E-state index in [9.17, 15) is 4.79 Å². The quantitative estimate of drug-likeness (QED) is 0.265. The number of rotatable bonds is 7. The Morgan fingerprint density at radius 3 is 2.74 bits per heavy atom. The second kappa shape index (κ2) is 12.4. The summed E-state index contributed by atoms with van der Waals surface area (Å²) in [5.41, 5.74) is 1.82. The fourth-order valence-electron chi connectivity index (χ4n) is 2.42. The highest BCUT2D eigenvalue weighted by Crippen LogP contribution is 2.20. The van der Waals surface area contributed by atoms with Crippen molar-refractivity contribution in [1.82, 2.24) is 10.6 Å². The molecular formula is C19H26BrIN4OS. The highest BCUT2D eigenvalue weighted by Gasteiger charge is 2.09. The van der Waals surface area contributed by atoms with E-state index in [0.29, 0.717) is 11.9 Å². The zero-order chi connectivity index (χ0) is 18.9. The summed E-state index contributed by atoms with van der Waals surface area (Å²) in [6.07, 6.45) is 1.03. The number of aryl methyl sites for hydroxylation is 1. The molecular weight excluding hydrogens is 539 g/mol. The standard InChI is InChI=1S/C19H25BrN4OS.HI/c1-13(9-16-5-4-8-26-16)11-22-19(21-3)23-12-18(25)24-17-10-15(20)7-6-14(17)2;/h4-8,10,13H,9,11-12H2,1-3H3,(H,24,25)(H2,21,22,23);1H. The Hall–Kier alpha value is -1.13. The van der Waals surface area contributed by atoms with Crippen molar-refractivity contribution in [1.29, 1.82) is 0 Å². The molecule has 148 valence electrons. The van der Waals surface area contributed by atoms with Crippen molar-refractivity contribution < 1.29 is 4.79 Å². The van der Waals surface area contributed by atoms with E-state index in [1.165, 1.54) is 4.88 Å². The summed E-state index contributed by atoms with van der Waals surface area (Å²) in [7, 11) is 1.70. The maximum Gasteiger partial charge on any atom is 0.243 e. The van der Waals surface area contributed by atoms with Crippen molar-refractivity contribution in [2.75, 3.05) is 25.5 Å². The zero-order valence-electron chi connectivity index (χ0n) is 15.7. The highest BCUT2D eigenvalue weighted by molar-refractivity contribution is 14.0. The van der Waals surface area contributed by atoms with E-state index in [0.717, 1.165) is 28.7 Å². The number of carbonyl (C=O) groups excluding carboxylic acids is 1. The maximum atomic E-state index is 12.2. The van der Waals surface area contributed by atoms with Gasteiger partial charge in [0.1, 0.15) is 0 Å². The average Bonchev–Trinajstić information content (AvgIpc) is 3.11. The minimum absolute atomic E-state index is 0. The number of carbonyl (C=O) groups is 1. The van der Waals surface area contributed by atoms with Crippen LogP contribution in [0.3, 0.4) is 0 Å². The molecule has 1 aromatic heterocycles. The number of amides is 1. The van der Waals surface area contributed by atoms with Crippen LogP contribution in [0.15, 0.2) is 45.2 Å². The van der Waals surface area contributed by atoms with Crippen LogP contribution in [0.4, 0.5) is 5.69 Å². The Morgan fingerprint density at radius 2 is 2.07 bits per heavy atom. The summed E-state index contributed by atoms with van der Waals surface area (Å²) in [4.78, 5) is 17.7. The summed E-state index contributed by atoms with van der Waals surface area (Å²) in [5, 5.41) is 11.3. The molecule has 2 aromatic rings. The van der Waals surface area contributed by atoms with E-state index in [2.05, 4.69) is 61.3 Å². The second-order valence-electron chi connectivity index (χ2n) is 6.20. The van der Waals surface area contributed by atoms with Crippen LogP contribution >= 0.6 is 51.2 Å². The molecule has 0 saturated heterocycles. The summed E-state index contributed by atoms with van der Waals surface area (Å²) >= 11 is 5.20. The van der Waals surface area contributed by atoms with Gasteiger partial charge < -0.3 is 16.0 Å². The molecule has 0 saturated carbocycles. The first kappa shape index (κ1) is 23.9. The molecule has 5 nitrogen and oxygen atoms in total. The lowest BCUT2D eigenvalue weighted by Gasteiger charge is -2.16. The lowest BCUT2D eigenvalue weighted by molar-refractivity contribution is -0.115. The molecule has 0 radical (unpaired) electrons. The van der Waals surface area contributed by atoms with Crippen molar-refractivity contribution in [3.05, 3.63) is 50.6 Å². The molecule has 8 heteroatoms. The number of thiophene rings is 1. The van der Waals surface area contributed by atoms with Gasteiger partial charge >= 0.3 is 0 Å². The third-order valence-electron chi connectivity index (χ3n) is 3.86. The van der Waals surface area contributed by atoms with E-state index in [4.69, 9.17) is 0 Å². The fraction of sp³-hybridized carbons (Fsp3) is 0.368. The van der Waals surface area contributed by atoms with Crippen molar-refractivity contribution in [2.45, 2.75) is 20.3 Å². The monoisotopic (exact) mass is 564 g/mol. The Kier molecular flexibility index (Phi) is 10.9. The van der Waals surface area contributed by atoms with E-state index >= 15 is 0 Å².